The third kappa shape index (κ3) is 6.17. The standard InChI is InChI=1S/C22H25N3O3S/c26-14-8-7-13-25-21(28)19(29-22(25)24-18-11-5-2-6-12-18)15-20(27)23-16-17-9-3-1-4-10-17/h1-6,9-12,19,26H,7-8,13-16H2,(H,23,27)/t19-/m0/s1. The molecule has 0 saturated carbocycles. The van der Waals surface area contributed by atoms with E-state index >= 15 is 0 Å². The van der Waals surface area contributed by atoms with Crippen molar-refractivity contribution in [3.8, 4) is 0 Å². The monoisotopic (exact) mass is 411 g/mol. The Morgan fingerprint density at radius 1 is 1.07 bits per heavy atom. The van der Waals surface area contributed by atoms with Crippen LogP contribution in [0.1, 0.15) is 24.8 Å². The van der Waals surface area contributed by atoms with Gasteiger partial charge in [0.25, 0.3) is 0 Å². The maximum absolute atomic E-state index is 12.9. The number of aliphatic hydroxyl groups is 1. The molecule has 1 saturated heterocycles. The molecule has 29 heavy (non-hydrogen) atoms. The number of para-hydroxylation sites is 1. The van der Waals surface area contributed by atoms with Gasteiger partial charge in [0.15, 0.2) is 5.17 Å². The number of hydrogen-bond donors (Lipinski definition) is 2. The third-order valence-corrected chi connectivity index (χ3v) is 5.67. The van der Waals surface area contributed by atoms with Crippen molar-refractivity contribution >= 4 is 34.4 Å². The Kier molecular flexibility index (Phi) is 7.84. The van der Waals surface area contributed by atoms with E-state index in [1.54, 1.807) is 4.90 Å². The van der Waals surface area contributed by atoms with Crippen LogP contribution in [0, 0.1) is 0 Å². The zero-order chi connectivity index (χ0) is 20.5. The number of aliphatic imine (C=N–C) groups is 1. The molecule has 0 aliphatic carbocycles. The van der Waals surface area contributed by atoms with Crippen molar-refractivity contribution in [1.82, 2.24) is 10.2 Å². The number of hydrogen-bond acceptors (Lipinski definition) is 5. The van der Waals surface area contributed by atoms with E-state index in [0.29, 0.717) is 31.1 Å². The number of benzene rings is 2. The van der Waals surface area contributed by atoms with Crippen LogP contribution < -0.4 is 5.32 Å². The predicted octanol–water partition coefficient (Wildman–Crippen LogP) is 3.10. The van der Waals surface area contributed by atoms with Crippen LogP contribution >= 0.6 is 11.8 Å². The summed E-state index contributed by atoms with van der Waals surface area (Å²) >= 11 is 1.33. The van der Waals surface area contributed by atoms with Crippen LogP contribution in [0.15, 0.2) is 65.7 Å². The zero-order valence-electron chi connectivity index (χ0n) is 16.2. The lowest BCUT2D eigenvalue weighted by Crippen LogP contribution is -2.35. The minimum Gasteiger partial charge on any atom is -0.396 e. The Balaban J connectivity index is 1.64. The molecule has 1 heterocycles. The average molecular weight is 412 g/mol. The van der Waals surface area contributed by atoms with Crippen LogP contribution in [0.25, 0.3) is 0 Å². The summed E-state index contributed by atoms with van der Waals surface area (Å²) in [5.41, 5.74) is 1.78. The second kappa shape index (κ2) is 10.8. The molecule has 0 bridgehead atoms. The van der Waals surface area contributed by atoms with E-state index in [2.05, 4.69) is 10.3 Å². The second-order valence-corrected chi connectivity index (χ2v) is 7.89. The van der Waals surface area contributed by atoms with Gasteiger partial charge in [-0.3, -0.25) is 14.5 Å². The first-order chi connectivity index (χ1) is 14.2. The lowest BCUT2D eigenvalue weighted by molar-refractivity contribution is -0.129. The number of amides is 2. The molecule has 3 rings (SSSR count). The smallest absolute Gasteiger partial charge is 0.242 e. The van der Waals surface area contributed by atoms with Crippen molar-refractivity contribution in [1.29, 1.82) is 0 Å². The topological polar surface area (TPSA) is 82.0 Å². The van der Waals surface area contributed by atoms with E-state index in [0.717, 1.165) is 11.3 Å². The highest BCUT2D eigenvalue weighted by Gasteiger charge is 2.38. The predicted molar refractivity (Wildman–Crippen MR) is 116 cm³/mol. The highest BCUT2D eigenvalue weighted by atomic mass is 32.2. The number of thioether (sulfide) groups is 1. The van der Waals surface area contributed by atoms with Gasteiger partial charge in [0.2, 0.25) is 11.8 Å². The summed E-state index contributed by atoms with van der Waals surface area (Å²) < 4.78 is 0. The zero-order valence-corrected chi connectivity index (χ0v) is 17.0. The summed E-state index contributed by atoms with van der Waals surface area (Å²) in [5, 5.41) is 12.0. The Hall–Kier alpha value is -2.64. The molecule has 2 aromatic carbocycles. The van der Waals surface area contributed by atoms with Gasteiger partial charge in [0.05, 0.1) is 5.69 Å². The first kappa shape index (κ1) is 21.1. The van der Waals surface area contributed by atoms with Gasteiger partial charge in [-0.05, 0) is 30.5 Å². The first-order valence-electron chi connectivity index (χ1n) is 9.70. The minimum absolute atomic E-state index is 0.0889. The minimum atomic E-state index is -0.484. The first-order valence-corrected chi connectivity index (χ1v) is 10.6. The van der Waals surface area contributed by atoms with Crippen molar-refractivity contribution in [3.05, 3.63) is 66.2 Å². The fourth-order valence-corrected chi connectivity index (χ4v) is 4.15. The number of aliphatic hydroxyl groups excluding tert-OH is 1. The van der Waals surface area contributed by atoms with E-state index in [-0.39, 0.29) is 24.8 Å². The molecule has 2 amide bonds. The van der Waals surface area contributed by atoms with Crippen LogP contribution in [0.2, 0.25) is 0 Å². The lowest BCUT2D eigenvalue weighted by atomic mass is 10.2. The summed E-state index contributed by atoms with van der Waals surface area (Å²) in [4.78, 5) is 31.5. The molecule has 1 fully saturated rings. The molecule has 0 aromatic heterocycles. The van der Waals surface area contributed by atoms with Crippen LogP contribution in [0.3, 0.4) is 0 Å². The Labute approximate surface area is 175 Å². The average Bonchev–Trinajstić information content (AvgIpc) is 3.02. The van der Waals surface area contributed by atoms with E-state index < -0.39 is 5.25 Å². The lowest BCUT2D eigenvalue weighted by Gasteiger charge is -2.16. The maximum Gasteiger partial charge on any atom is 0.242 e. The van der Waals surface area contributed by atoms with Gasteiger partial charge < -0.3 is 10.4 Å². The van der Waals surface area contributed by atoms with Crippen LogP contribution in [0.5, 0.6) is 0 Å². The van der Waals surface area contributed by atoms with Gasteiger partial charge in [-0.1, -0.05) is 60.3 Å². The Morgan fingerprint density at radius 3 is 2.45 bits per heavy atom. The summed E-state index contributed by atoms with van der Waals surface area (Å²) in [7, 11) is 0. The van der Waals surface area contributed by atoms with Gasteiger partial charge in [0, 0.05) is 26.1 Å². The van der Waals surface area contributed by atoms with Crippen LogP contribution in [0.4, 0.5) is 5.69 Å². The van der Waals surface area contributed by atoms with Gasteiger partial charge in [-0.15, -0.1) is 0 Å². The molecule has 1 atom stereocenters. The van der Waals surface area contributed by atoms with Gasteiger partial charge in [-0.2, -0.15) is 0 Å². The Morgan fingerprint density at radius 2 is 1.76 bits per heavy atom. The molecule has 152 valence electrons. The molecule has 0 radical (unpaired) electrons. The SMILES string of the molecule is O=C(C[C@@H]1SC(=Nc2ccccc2)N(CCCCO)C1=O)NCc1ccccc1. The molecular formula is C22H25N3O3S. The normalized spacial score (nSPS) is 17.7. The van der Waals surface area contributed by atoms with Crippen molar-refractivity contribution in [2.45, 2.75) is 31.1 Å². The van der Waals surface area contributed by atoms with E-state index in [9.17, 15) is 9.59 Å². The van der Waals surface area contributed by atoms with Crippen molar-refractivity contribution in [2.24, 2.45) is 4.99 Å². The summed E-state index contributed by atoms with van der Waals surface area (Å²) in [5.74, 6) is -0.256. The quantitative estimate of drug-likeness (QED) is 0.621. The molecule has 0 spiro atoms. The molecule has 6 nitrogen and oxygen atoms in total. The number of carbonyl (C=O) groups is 2. The number of carbonyl (C=O) groups excluding carboxylic acids is 2. The van der Waals surface area contributed by atoms with Crippen molar-refractivity contribution in [3.63, 3.8) is 0 Å². The fourth-order valence-electron chi connectivity index (χ4n) is 2.96. The maximum atomic E-state index is 12.9. The molecule has 7 heteroatoms. The molecule has 1 aliphatic heterocycles. The third-order valence-electron chi connectivity index (χ3n) is 4.49. The molecule has 0 unspecified atom stereocenters. The largest absolute Gasteiger partial charge is 0.396 e. The highest BCUT2D eigenvalue weighted by Crippen LogP contribution is 2.31. The van der Waals surface area contributed by atoms with Crippen molar-refractivity contribution in [2.75, 3.05) is 13.2 Å². The van der Waals surface area contributed by atoms with Crippen LogP contribution in [-0.4, -0.2) is 45.4 Å². The van der Waals surface area contributed by atoms with E-state index in [1.807, 2.05) is 60.7 Å². The number of unbranched alkanes of at least 4 members (excludes halogenated alkanes) is 1. The van der Waals surface area contributed by atoms with Gasteiger partial charge >= 0.3 is 0 Å². The molecule has 1 aliphatic rings. The van der Waals surface area contributed by atoms with Gasteiger partial charge in [-0.25, -0.2) is 4.99 Å². The van der Waals surface area contributed by atoms with Crippen molar-refractivity contribution < 1.29 is 14.7 Å². The van der Waals surface area contributed by atoms with E-state index in [1.165, 1.54) is 11.8 Å². The molecule has 2 aromatic rings. The van der Waals surface area contributed by atoms with Crippen LogP contribution in [-0.2, 0) is 16.1 Å². The van der Waals surface area contributed by atoms with Gasteiger partial charge in [0.1, 0.15) is 5.25 Å². The number of amidine groups is 1. The number of rotatable bonds is 9. The molecule has 2 N–H and O–H groups in total. The molecular weight excluding hydrogens is 386 g/mol. The number of nitrogens with one attached hydrogen (secondary N) is 1. The summed E-state index contributed by atoms with van der Waals surface area (Å²) in [6.07, 6.45) is 1.42. The fraction of sp³-hybridized carbons (Fsp3) is 0.318. The highest BCUT2D eigenvalue weighted by molar-refractivity contribution is 8.15. The summed E-state index contributed by atoms with van der Waals surface area (Å²) in [6, 6.07) is 19.1. The second-order valence-electron chi connectivity index (χ2n) is 6.72. The van der Waals surface area contributed by atoms with E-state index in [4.69, 9.17) is 5.11 Å². The number of nitrogens with zero attached hydrogens (tertiary/aromatic N) is 2. The summed E-state index contributed by atoms with van der Waals surface area (Å²) in [6.45, 7) is 1.02. The Bertz CT molecular complexity index is 843.